The normalized spacial score (nSPS) is 13.0. The van der Waals surface area contributed by atoms with Crippen LogP contribution in [0.5, 0.6) is 5.75 Å². The van der Waals surface area contributed by atoms with Crippen LogP contribution < -0.4 is 16.1 Å². The number of methoxy groups -OCH3 is 1. The predicted molar refractivity (Wildman–Crippen MR) is 93.6 cm³/mol. The Kier molecular flexibility index (Phi) is 5.49. The molecule has 1 aromatic heterocycles. The lowest BCUT2D eigenvalue weighted by atomic mass is 10.3. The van der Waals surface area contributed by atoms with Gasteiger partial charge in [0.2, 0.25) is 0 Å². The Hall–Kier alpha value is -2.50. The van der Waals surface area contributed by atoms with E-state index in [9.17, 15) is 14.0 Å². The third-order valence-corrected chi connectivity index (χ3v) is 4.28. The zero-order valence-corrected chi connectivity index (χ0v) is 14.9. The monoisotopic (exact) mass is 381 g/mol. The molecule has 0 N–H and O–H groups in total. The number of fused-ring (bicyclic) bond motifs is 1. The Balaban J connectivity index is 2.00. The number of ether oxygens (including phenoxy) is 2. The quantitative estimate of drug-likeness (QED) is 0.751. The summed E-state index contributed by atoms with van der Waals surface area (Å²) >= 11 is 6.00. The van der Waals surface area contributed by atoms with Crippen molar-refractivity contribution in [1.82, 2.24) is 13.9 Å². The van der Waals surface area contributed by atoms with E-state index in [2.05, 4.69) is 11.8 Å². The summed E-state index contributed by atoms with van der Waals surface area (Å²) in [6, 6.07) is 2.26. The summed E-state index contributed by atoms with van der Waals surface area (Å²) in [7, 11) is 1.52. The summed E-state index contributed by atoms with van der Waals surface area (Å²) in [6.45, 7) is 1.12. The lowest BCUT2D eigenvalue weighted by Crippen LogP contribution is -2.30. The van der Waals surface area contributed by atoms with E-state index in [-0.39, 0.29) is 29.7 Å². The maximum atomic E-state index is 14.4. The van der Waals surface area contributed by atoms with E-state index in [1.165, 1.54) is 22.5 Å². The van der Waals surface area contributed by atoms with Gasteiger partial charge < -0.3 is 9.47 Å². The minimum atomic E-state index is -0.782. The Morgan fingerprint density at radius 3 is 2.35 bits per heavy atom. The lowest BCUT2D eigenvalue weighted by molar-refractivity contribution is 0.239. The molecule has 0 unspecified atom stereocenters. The summed E-state index contributed by atoms with van der Waals surface area (Å²) in [6.07, 6.45) is 1.59. The first kappa shape index (κ1) is 18.3. The van der Waals surface area contributed by atoms with Crippen LogP contribution in [-0.2, 0) is 17.8 Å². The Morgan fingerprint density at radius 2 is 1.73 bits per heavy atom. The molecule has 7 nitrogen and oxygen atoms in total. The van der Waals surface area contributed by atoms with Crippen molar-refractivity contribution in [3.8, 4) is 23.3 Å². The van der Waals surface area contributed by atoms with Crippen LogP contribution in [0.1, 0.15) is 12.8 Å². The van der Waals surface area contributed by atoms with Crippen LogP contribution >= 0.6 is 11.6 Å². The first-order chi connectivity index (χ1) is 12.5. The van der Waals surface area contributed by atoms with E-state index >= 15 is 0 Å². The lowest BCUT2D eigenvalue weighted by Gasteiger charge is -2.13. The maximum absolute atomic E-state index is 14.4. The molecule has 0 aliphatic carbocycles. The highest BCUT2D eigenvalue weighted by Crippen LogP contribution is 2.29. The zero-order valence-electron chi connectivity index (χ0n) is 14.1. The Labute approximate surface area is 153 Å². The van der Waals surface area contributed by atoms with Crippen molar-refractivity contribution in [2.75, 3.05) is 20.3 Å². The molecule has 9 heteroatoms. The molecule has 0 bridgehead atoms. The molecule has 0 fully saturated rings. The number of halogens is 2. The molecular weight excluding hydrogens is 365 g/mol. The highest BCUT2D eigenvalue weighted by Gasteiger charge is 2.22. The molecular formula is C17H17ClFN3O4. The molecule has 1 aliphatic heterocycles. The molecule has 0 saturated heterocycles. The van der Waals surface area contributed by atoms with Crippen LogP contribution in [0.2, 0.25) is 5.02 Å². The van der Waals surface area contributed by atoms with Gasteiger partial charge in [0, 0.05) is 26.3 Å². The average molecular weight is 382 g/mol. The van der Waals surface area contributed by atoms with Gasteiger partial charge in [0.25, 0.3) is 0 Å². The van der Waals surface area contributed by atoms with Crippen molar-refractivity contribution in [3.63, 3.8) is 0 Å². The molecule has 2 heterocycles. The van der Waals surface area contributed by atoms with Crippen LogP contribution in [0, 0.1) is 17.7 Å². The highest BCUT2D eigenvalue weighted by atomic mass is 35.5. The smallest absolute Gasteiger partial charge is 0.351 e. The van der Waals surface area contributed by atoms with Crippen molar-refractivity contribution < 1.29 is 13.9 Å². The predicted octanol–water partition coefficient (Wildman–Crippen LogP) is 1.42. The molecule has 0 amide bonds. The van der Waals surface area contributed by atoms with Gasteiger partial charge in [-0.25, -0.2) is 27.9 Å². The number of hydrogen-bond acceptors (Lipinski definition) is 4. The second-order valence-corrected chi connectivity index (χ2v) is 6.07. The average Bonchev–Trinajstić information content (AvgIpc) is 2.88. The first-order valence-corrected chi connectivity index (χ1v) is 8.42. The van der Waals surface area contributed by atoms with Crippen LogP contribution in [-0.4, -0.2) is 34.3 Å². The topological polar surface area (TPSA) is 67.4 Å². The van der Waals surface area contributed by atoms with E-state index < -0.39 is 17.2 Å². The number of benzene rings is 1. The van der Waals surface area contributed by atoms with Gasteiger partial charge in [-0.3, -0.25) is 0 Å². The number of aromatic nitrogens is 3. The van der Waals surface area contributed by atoms with Crippen LogP contribution in [0.4, 0.5) is 4.39 Å². The fourth-order valence-electron chi connectivity index (χ4n) is 2.77. The van der Waals surface area contributed by atoms with Crippen molar-refractivity contribution in [2.45, 2.75) is 25.9 Å². The van der Waals surface area contributed by atoms with E-state index in [4.69, 9.17) is 21.1 Å². The molecule has 138 valence electrons. The van der Waals surface area contributed by atoms with E-state index in [1.54, 1.807) is 0 Å². The van der Waals surface area contributed by atoms with Gasteiger partial charge in [-0.2, -0.15) is 0 Å². The number of hydrogen-bond donors (Lipinski definition) is 0. The molecule has 0 spiro atoms. The van der Waals surface area contributed by atoms with Crippen molar-refractivity contribution in [2.24, 2.45) is 0 Å². The first-order valence-electron chi connectivity index (χ1n) is 8.04. The summed E-state index contributed by atoms with van der Waals surface area (Å²) in [5.74, 6) is 4.77. The van der Waals surface area contributed by atoms with Crippen LogP contribution in [0.25, 0.3) is 5.69 Å². The van der Waals surface area contributed by atoms with Gasteiger partial charge in [0.15, 0.2) is 0 Å². The van der Waals surface area contributed by atoms with Crippen molar-refractivity contribution in [1.29, 1.82) is 0 Å². The Morgan fingerprint density at radius 1 is 1.12 bits per heavy atom. The second-order valence-electron chi connectivity index (χ2n) is 5.66. The third kappa shape index (κ3) is 3.41. The van der Waals surface area contributed by atoms with Gasteiger partial charge in [0.05, 0.1) is 10.7 Å². The fraction of sp³-hybridized carbons (Fsp3) is 0.412. The van der Waals surface area contributed by atoms with Gasteiger partial charge in [0.1, 0.15) is 24.8 Å². The summed E-state index contributed by atoms with van der Waals surface area (Å²) in [5.41, 5.74) is -1.36. The fourth-order valence-corrected chi connectivity index (χ4v) is 2.97. The standard InChI is InChI=1S/C17H17ClFN3O4/c1-25-8-4-5-9-26-15-11-14(13(19)10-12(15)18)22-16(23)20-6-2-3-7-21(20)17(22)24/h10-11H,2-3,6-9H2,1H3. The molecule has 0 atom stereocenters. The zero-order chi connectivity index (χ0) is 18.7. The third-order valence-electron chi connectivity index (χ3n) is 3.99. The molecule has 0 saturated carbocycles. The molecule has 2 aromatic rings. The van der Waals surface area contributed by atoms with Crippen LogP contribution in [0.15, 0.2) is 21.7 Å². The molecule has 1 aromatic carbocycles. The van der Waals surface area contributed by atoms with Gasteiger partial charge in [-0.15, -0.1) is 0 Å². The number of rotatable bonds is 4. The van der Waals surface area contributed by atoms with E-state index in [1.807, 2.05) is 0 Å². The minimum absolute atomic E-state index is 0.00823. The molecule has 3 rings (SSSR count). The summed E-state index contributed by atoms with van der Waals surface area (Å²) in [5, 5.41) is 0.0249. The minimum Gasteiger partial charge on any atom is -0.479 e. The van der Waals surface area contributed by atoms with E-state index in [0.29, 0.717) is 13.1 Å². The van der Waals surface area contributed by atoms with Crippen molar-refractivity contribution >= 4 is 11.6 Å². The van der Waals surface area contributed by atoms with Gasteiger partial charge in [-0.1, -0.05) is 23.4 Å². The summed E-state index contributed by atoms with van der Waals surface area (Å²) < 4.78 is 28.1. The number of nitrogens with zero attached hydrogens (tertiary/aromatic N) is 3. The molecule has 1 aliphatic rings. The Bertz CT molecular complexity index is 959. The highest BCUT2D eigenvalue weighted by molar-refractivity contribution is 6.32. The largest absolute Gasteiger partial charge is 0.479 e. The van der Waals surface area contributed by atoms with Gasteiger partial charge >= 0.3 is 11.4 Å². The van der Waals surface area contributed by atoms with E-state index in [0.717, 1.165) is 23.5 Å². The van der Waals surface area contributed by atoms with Gasteiger partial charge in [-0.05, 0) is 18.9 Å². The second kappa shape index (κ2) is 7.81. The molecule has 26 heavy (non-hydrogen) atoms. The molecule has 0 radical (unpaired) electrons. The summed E-state index contributed by atoms with van der Waals surface area (Å²) in [4.78, 5) is 25.1. The maximum Gasteiger partial charge on any atom is 0.351 e. The SMILES string of the molecule is COCC#CCOc1cc(-n2c(=O)n3n(c2=O)CCCC3)c(F)cc1Cl. The van der Waals surface area contributed by atoms with Crippen LogP contribution in [0.3, 0.4) is 0 Å². The van der Waals surface area contributed by atoms with Crippen molar-refractivity contribution in [3.05, 3.63) is 43.9 Å².